The van der Waals surface area contributed by atoms with Crippen LogP contribution in [0.2, 0.25) is 0 Å². The number of urea groups is 1. The molecule has 1 aliphatic rings. The summed E-state index contributed by atoms with van der Waals surface area (Å²) in [5.74, 6) is -0.792. The van der Waals surface area contributed by atoms with Crippen LogP contribution in [0.5, 0.6) is 11.5 Å². The van der Waals surface area contributed by atoms with Gasteiger partial charge in [-0.05, 0) is 60.5 Å². The zero-order valence-electron chi connectivity index (χ0n) is 18.5. The van der Waals surface area contributed by atoms with Crippen molar-refractivity contribution < 1.29 is 32.7 Å². The molecule has 0 spiro atoms. The lowest BCUT2D eigenvalue weighted by molar-refractivity contribution is -0.130. The number of carbonyl (C=O) groups is 3. The van der Waals surface area contributed by atoms with E-state index in [9.17, 15) is 18.8 Å². The van der Waals surface area contributed by atoms with Gasteiger partial charge >= 0.3 is 6.03 Å². The van der Waals surface area contributed by atoms with Gasteiger partial charge in [0.05, 0.1) is 19.4 Å². The van der Waals surface area contributed by atoms with Crippen LogP contribution in [-0.4, -0.2) is 29.4 Å². The summed E-state index contributed by atoms with van der Waals surface area (Å²) >= 11 is 3.43. The van der Waals surface area contributed by atoms with Crippen molar-refractivity contribution in [3.8, 4) is 11.5 Å². The van der Waals surface area contributed by atoms with E-state index in [4.69, 9.17) is 13.9 Å². The SMILES string of the molecule is CCOc1cc(/C=C2\C(=O)NC(=O)N(Cc3ccco3)C2=O)c(Br)cc1OCc1cccc(F)c1. The Morgan fingerprint density at radius 1 is 1.09 bits per heavy atom. The molecule has 2 heterocycles. The average molecular weight is 543 g/mol. The van der Waals surface area contributed by atoms with Crippen molar-refractivity contribution in [3.05, 3.63) is 87.5 Å². The largest absolute Gasteiger partial charge is 0.490 e. The number of furan rings is 1. The molecule has 2 aromatic carbocycles. The molecular formula is C25H20BrFN2O6. The van der Waals surface area contributed by atoms with E-state index < -0.39 is 17.8 Å². The van der Waals surface area contributed by atoms with E-state index >= 15 is 0 Å². The fraction of sp³-hybridized carbons (Fsp3) is 0.160. The third-order valence-electron chi connectivity index (χ3n) is 5.03. The molecule has 0 unspecified atom stereocenters. The minimum absolute atomic E-state index is 0.107. The first-order valence-corrected chi connectivity index (χ1v) is 11.4. The third-order valence-corrected chi connectivity index (χ3v) is 5.71. The van der Waals surface area contributed by atoms with Crippen molar-refractivity contribution in [2.75, 3.05) is 6.61 Å². The molecule has 3 aromatic rings. The standard InChI is InChI=1S/C25H20BrFN2O6/c1-2-33-21-11-16(20(26)12-22(21)35-14-15-5-3-6-17(27)9-15)10-19-23(30)28-25(32)29(24(19)31)13-18-7-4-8-34-18/h3-12H,2,13-14H2,1H3,(H,28,30,32)/b19-10+. The number of rotatable bonds is 8. The molecular weight excluding hydrogens is 523 g/mol. The van der Waals surface area contributed by atoms with Gasteiger partial charge in [0.15, 0.2) is 11.5 Å². The van der Waals surface area contributed by atoms with E-state index in [0.29, 0.717) is 39.5 Å². The molecule has 0 bridgehead atoms. The van der Waals surface area contributed by atoms with Gasteiger partial charge in [-0.3, -0.25) is 19.8 Å². The average Bonchev–Trinajstić information content (AvgIpc) is 3.33. The second kappa shape index (κ2) is 10.6. The van der Waals surface area contributed by atoms with E-state index in [-0.39, 0.29) is 24.5 Å². The molecule has 1 saturated heterocycles. The number of halogens is 2. The smallest absolute Gasteiger partial charge is 0.331 e. The van der Waals surface area contributed by atoms with Gasteiger partial charge in [0.25, 0.3) is 11.8 Å². The number of amides is 4. The monoisotopic (exact) mass is 542 g/mol. The van der Waals surface area contributed by atoms with Gasteiger partial charge < -0.3 is 13.9 Å². The highest BCUT2D eigenvalue weighted by Crippen LogP contribution is 2.36. The van der Waals surface area contributed by atoms with Crippen LogP contribution in [0, 0.1) is 5.82 Å². The lowest BCUT2D eigenvalue weighted by Crippen LogP contribution is -2.53. The summed E-state index contributed by atoms with van der Waals surface area (Å²) in [7, 11) is 0. The highest BCUT2D eigenvalue weighted by molar-refractivity contribution is 9.10. The molecule has 8 nitrogen and oxygen atoms in total. The molecule has 35 heavy (non-hydrogen) atoms. The van der Waals surface area contributed by atoms with Crippen LogP contribution in [0.1, 0.15) is 23.8 Å². The van der Waals surface area contributed by atoms with Crippen molar-refractivity contribution in [1.29, 1.82) is 0 Å². The first-order chi connectivity index (χ1) is 16.9. The van der Waals surface area contributed by atoms with E-state index in [0.717, 1.165) is 4.90 Å². The Balaban J connectivity index is 1.62. The number of imide groups is 2. The van der Waals surface area contributed by atoms with Gasteiger partial charge in [-0.15, -0.1) is 0 Å². The highest BCUT2D eigenvalue weighted by atomic mass is 79.9. The fourth-order valence-corrected chi connectivity index (χ4v) is 3.82. The van der Waals surface area contributed by atoms with E-state index in [1.165, 1.54) is 24.5 Å². The summed E-state index contributed by atoms with van der Waals surface area (Å²) in [5, 5.41) is 2.17. The van der Waals surface area contributed by atoms with Crippen LogP contribution in [0.4, 0.5) is 9.18 Å². The second-order valence-corrected chi connectivity index (χ2v) is 8.31. The Bertz CT molecular complexity index is 1310. The van der Waals surface area contributed by atoms with E-state index in [1.54, 1.807) is 43.3 Å². The quantitative estimate of drug-likeness (QED) is 0.323. The molecule has 1 aromatic heterocycles. The molecule has 4 rings (SSSR count). The number of carbonyl (C=O) groups excluding carboxylic acids is 3. The van der Waals surface area contributed by atoms with E-state index in [2.05, 4.69) is 21.2 Å². The number of barbiturate groups is 1. The Morgan fingerprint density at radius 2 is 1.89 bits per heavy atom. The highest BCUT2D eigenvalue weighted by Gasteiger charge is 2.36. The summed E-state index contributed by atoms with van der Waals surface area (Å²) < 4.78 is 30.7. The molecule has 1 aliphatic heterocycles. The first-order valence-electron chi connectivity index (χ1n) is 10.6. The van der Waals surface area contributed by atoms with Crippen LogP contribution in [0.15, 0.2) is 69.3 Å². The maximum atomic E-state index is 13.5. The number of hydrogen-bond acceptors (Lipinski definition) is 6. The van der Waals surface area contributed by atoms with Gasteiger partial charge in [-0.1, -0.05) is 28.1 Å². The van der Waals surface area contributed by atoms with E-state index in [1.807, 2.05) is 0 Å². The van der Waals surface area contributed by atoms with Crippen LogP contribution < -0.4 is 14.8 Å². The minimum atomic E-state index is -0.830. The van der Waals surface area contributed by atoms with Crippen molar-refractivity contribution in [2.24, 2.45) is 0 Å². The van der Waals surface area contributed by atoms with Gasteiger partial charge in [-0.25, -0.2) is 9.18 Å². The van der Waals surface area contributed by atoms with Gasteiger partial charge in [0.2, 0.25) is 0 Å². The number of hydrogen-bond donors (Lipinski definition) is 1. The zero-order chi connectivity index (χ0) is 24.9. The van der Waals surface area contributed by atoms with Gasteiger partial charge in [-0.2, -0.15) is 0 Å². The molecule has 180 valence electrons. The number of ether oxygens (including phenoxy) is 2. The summed E-state index contributed by atoms with van der Waals surface area (Å²) in [5.41, 5.74) is 0.866. The topological polar surface area (TPSA) is 98.1 Å². The summed E-state index contributed by atoms with van der Waals surface area (Å²) in [6, 6.07) is 11.7. The second-order valence-electron chi connectivity index (χ2n) is 7.46. The minimum Gasteiger partial charge on any atom is -0.490 e. The molecule has 1 N–H and O–H groups in total. The predicted molar refractivity (Wildman–Crippen MR) is 127 cm³/mol. The summed E-state index contributed by atoms with van der Waals surface area (Å²) in [4.78, 5) is 38.6. The molecule has 0 aliphatic carbocycles. The van der Waals surface area contributed by atoms with Crippen LogP contribution in [0.25, 0.3) is 6.08 Å². The lowest BCUT2D eigenvalue weighted by Gasteiger charge is -2.25. The number of nitrogens with one attached hydrogen (secondary N) is 1. The Morgan fingerprint density at radius 3 is 2.60 bits per heavy atom. The third kappa shape index (κ3) is 5.60. The van der Waals surface area contributed by atoms with Crippen LogP contribution >= 0.6 is 15.9 Å². The van der Waals surface area contributed by atoms with Crippen LogP contribution in [0.3, 0.4) is 0 Å². The van der Waals surface area contributed by atoms with Crippen molar-refractivity contribution >= 4 is 39.9 Å². The molecule has 4 amide bonds. The molecule has 1 fully saturated rings. The number of nitrogens with zero attached hydrogens (tertiary/aromatic N) is 1. The predicted octanol–water partition coefficient (Wildman–Crippen LogP) is 4.82. The lowest BCUT2D eigenvalue weighted by atomic mass is 10.1. The normalized spacial score (nSPS) is 14.9. The Kier molecular flexibility index (Phi) is 7.31. The van der Waals surface area contributed by atoms with Crippen molar-refractivity contribution in [1.82, 2.24) is 10.2 Å². The Labute approximate surface area is 208 Å². The van der Waals surface area contributed by atoms with Crippen molar-refractivity contribution in [2.45, 2.75) is 20.1 Å². The maximum Gasteiger partial charge on any atom is 0.331 e. The summed E-state index contributed by atoms with van der Waals surface area (Å²) in [6.07, 6.45) is 2.79. The van der Waals surface area contributed by atoms with Gasteiger partial charge in [0, 0.05) is 4.47 Å². The zero-order valence-corrected chi connectivity index (χ0v) is 20.1. The molecule has 0 atom stereocenters. The van der Waals surface area contributed by atoms with Gasteiger partial charge in [0.1, 0.15) is 23.8 Å². The summed E-state index contributed by atoms with van der Waals surface area (Å²) in [6.45, 7) is 2.11. The molecule has 0 radical (unpaired) electrons. The molecule has 0 saturated carbocycles. The first kappa shape index (κ1) is 24.2. The number of benzene rings is 2. The Hall–Kier alpha value is -3.92. The fourth-order valence-electron chi connectivity index (χ4n) is 3.38. The molecule has 10 heteroatoms. The van der Waals surface area contributed by atoms with Crippen molar-refractivity contribution in [3.63, 3.8) is 0 Å². The van der Waals surface area contributed by atoms with Crippen LogP contribution in [-0.2, 0) is 22.7 Å². The maximum absolute atomic E-state index is 13.5.